The van der Waals surface area contributed by atoms with Gasteiger partial charge in [0.05, 0.1) is 12.2 Å². The minimum absolute atomic E-state index is 0.764. The summed E-state index contributed by atoms with van der Waals surface area (Å²) in [5.41, 5.74) is 3.41. The maximum absolute atomic E-state index is 5.94. The lowest BCUT2D eigenvalue weighted by Gasteiger charge is -2.06. The van der Waals surface area contributed by atoms with Crippen LogP contribution in [-0.4, -0.2) is 4.57 Å². The van der Waals surface area contributed by atoms with Crippen molar-refractivity contribution < 1.29 is 0 Å². The number of aryl methyl sites for hydroxylation is 1. The van der Waals surface area contributed by atoms with Crippen LogP contribution in [0, 0.1) is 6.92 Å². The van der Waals surface area contributed by atoms with Gasteiger partial charge in [-0.25, -0.2) is 4.99 Å². The van der Waals surface area contributed by atoms with Gasteiger partial charge in [-0.05, 0) is 36.8 Å². The normalized spacial score (nSPS) is 11.8. The van der Waals surface area contributed by atoms with E-state index in [0.717, 1.165) is 22.1 Å². The largest absolute Gasteiger partial charge is 0.317 e. The van der Waals surface area contributed by atoms with Crippen molar-refractivity contribution in [1.29, 1.82) is 0 Å². The number of thiazole rings is 1. The van der Waals surface area contributed by atoms with E-state index < -0.39 is 0 Å². The predicted molar refractivity (Wildman–Crippen MR) is 89.3 cm³/mol. The van der Waals surface area contributed by atoms with Crippen LogP contribution in [0.15, 0.2) is 65.0 Å². The van der Waals surface area contributed by atoms with E-state index in [0.29, 0.717) is 0 Å². The summed E-state index contributed by atoms with van der Waals surface area (Å²) < 4.78 is 2.22. The highest BCUT2D eigenvalue weighted by Gasteiger charge is 2.03. The number of para-hydroxylation sites is 1. The molecule has 1 aromatic heterocycles. The van der Waals surface area contributed by atoms with Crippen molar-refractivity contribution in [3.63, 3.8) is 0 Å². The quantitative estimate of drug-likeness (QED) is 0.661. The van der Waals surface area contributed by atoms with Crippen LogP contribution in [0.1, 0.15) is 11.3 Å². The van der Waals surface area contributed by atoms with E-state index in [1.165, 1.54) is 11.3 Å². The maximum Gasteiger partial charge on any atom is 0.190 e. The standard InChI is InChI=1S/C17H15ClN2S/c1-13-12-21-17(19-16-5-3-2-4-6-16)20(13)11-14-7-9-15(18)10-8-14/h2-10,12H,11H2,1H3. The first-order valence-electron chi connectivity index (χ1n) is 6.71. The molecule has 3 rings (SSSR count). The van der Waals surface area contributed by atoms with E-state index in [1.54, 1.807) is 11.3 Å². The predicted octanol–water partition coefficient (Wildman–Crippen LogP) is 4.79. The lowest BCUT2D eigenvalue weighted by atomic mass is 10.2. The van der Waals surface area contributed by atoms with Crippen LogP contribution in [0.25, 0.3) is 0 Å². The zero-order valence-electron chi connectivity index (χ0n) is 11.7. The van der Waals surface area contributed by atoms with Crippen LogP contribution < -0.4 is 4.80 Å². The van der Waals surface area contributed by atoms with Crippen LogP contribution in [0.4, 0.5) is 5.69 Å². The molecule has 4 heteroatoms. The highest BCUT2D eigenvalue weighted by molar-refractivity contribution is 7.07. The summed E-state index contributed by atoms with van der Waals surface area (Å²) in [4.78, 5) is 5.74. The molecule has 106 valence electrons. The van der Waals surface area contributed by atoms with Gasteiger partial charge in [0.1, 0.15) is 0 Å². The first-order valence-corrected chi connectivity index (χ1v) is 7.97. The molecule has 0 fully saturated rings. The zero-order valence-corrected chi connectivity index (χ0v) is 13.2. The second-order valence-corrected chi connectivity index (χ2v) is 6.09. The van der Waals surface area contributed by atoms with E-state index in [1.807, 2.05) is 42.5 Å². The molecule has 2 aromatic carbocycles. The molecular weight excluding hydrogens is 300 g/mol. The van der Waals surface area contributed by atoms with Gasteiger partial charge in [0.15, 0.2) is 4.80 Å². The molecule has 0 aliphatic heterocycles. The van der Waals surface area contributed by atoms with Crippen LogP contribution in [0.5, 0.6) is 0 Å². The van der Waals surface area contributed by atoms with E-state index in [-0.39, 0.29) is 0 Å². The van der Waals surface area contributed by atoms with E-state index in [2.05, 4.69) is 29.0 Å². The molecule has 0 saturated carbocycles. The highest BCUT2D eigenvalue weighted by Crippen LogP contribution is 2.13. The Kier molecular flexibility index (Phi) is 4.23. The van der Waals surface area contributed by atoms with Gasteiger partial charge in [-0.3, -0.25) is 0 Å². The van der Waals surface area contributed by atoms with Gasteiger partial charge in [0.2, 0.25) is 0 Å². The van der Waals surface area contributed by atoms with Crippen LogP contribution in [0.2, 0.25) is 5.02 Å². The van der Waals surface area contributed by atoms with Crippen molar-refractivity contribution in [2.75, 3.05) is 0 Å². The molecule has 0 spiro atoms. The van der Waals surface area contributed by atoms with Crippen LogP contribution in [-0.2, 0) is 6.54 Å². The maximum atomic E-state index is 5.94. The van der Waals surface area contributed by atoms with Gasteiger partial charge in [0.25, 0.3) is 0 Å². The molecule has 0 radical (unpaired) electrons. The lowest BCUT2D eigenvalue weighted by molar-refractivity contribution is 0.742. The number of nitrogens with zero attached hydrogens (tertiary/aromatic N) is 2. The molecule has 0 aliphatic carbocycles. The Morgan fingerprint density at radius 2 is 1.76 bits per heavy atom. The number of halogens is 1. The van der Waals surface area contributed by atoms with Crippen molar-refractivity contribution >= 4 is 28.6 Å². The second kappa shape index (κ2) is 6.29. The fraction of sp³-hybridized carbons (Fsp3) is 0.118. The molecule has 3 aromatic rings. The second-order valence-electron chi connectivity index (χ2n) is 4.82. The van der Waals surface area contributed by atoms with Crippen LogP contribution >= 0.6 is 22.9 Å². The van der Waals surface area contributed by atoms with E-state index in [4.69, 9.17) is 16.6 Å². The molecule has 21 heavy (non-hydrogen) atoms. The van der Waals surface area contributed by atoms with Gasteiger partial charge < -0.3 is 4.57 Å². The summed E-state index contributed by atoms with van der Waals surface area (Å²) in [7, 11) is 0. The van der Waals surface area contributed by atoms with Gasteiger partial charge in [-0.1, -0.05) is 41.9 Å². The molecule has 0 N–H and O–H groups in total. The number of rotatable bonds is 3. The summed E-state index contributed by atoms with van der Waals surface area (Å²) in [5.74, 6) is 0. The molecule has 0 amide bonds. The Morgan fingerprint density at radius 3 is 2.48 bits per heavy atom. The third kappa shape index (κ3) is 3.43. The van der Waals surface area contributed by atoms with Crippen molar-refractivity contribution in [1.82, 2.24) is 4.57 Å². The minimum atomic E-state index is 0.764. The number of benzene rings is 2. The third-order valence-corrected chi connectivity index (χ3v) is 4.46. The molecule has 0 aliphatic rings. The van der Waals surface area contributed by atoms with Crippen LogP contribution in [0.3, 0.4) is 0 Å². The smallest absolute Gasteiger partial charge is 0.190 e. The summed E-state index contributed by atoms with van der Waals surface area (Å²) in [6.45, 7) is 2.91. The SMILES string of the molecule is Cc1csc(=Nc2ccccc2)n1Cc1ccc(Cl)cc1. The first kappa shape index (κ1) is 14.1. The molecule has 0 bridgehead atoms. The van der Waals surface area contributed by atoms with Crippen molar-refractivity contribution in [2.45, 2.75) is 13.5 Å². The first-order chi connectivity index (χ1) is 10.2. The molecule has 0 unspecified atom stereocenters. The Hall–Kier alpha value is -1.84. The monoisotopic (exact) mass is 314 g/mol. The fourth-order valence-electron chi connectivity index (χ4n) is 2.08. The Labute approximate surface area is 133 Å². The van der Waals surface area contributed by atoms with Gasteiger partial charge >= 0.3 is 0 Å². The van der Waals surface area contributed by atoms with E-state index >= 15 is 0 Å². The number of hydrogen-bond acceptors (Lipinski definition) is 2. The topological polar surface area (TPSA) is 17.3 Å². The average Bonchev–Trinajstić information content (AvgIpc) is 2.84. The summed E-state index contributed by atoms with van der Waals surface area (Å²) in [5, 5.41) is 2.90. The highest BCUT2D eigenvalue weighted by atomic mass is 35.5. The summed E-state index contributed by atoms with van der Waals surface area (Å²) >= 11 is 7.60. The van der Waals surface area contributed by atoms with Crippen molar-refractivity contribution in [3.05, 3.63) is 81.1 Å². The van der Waals surface area contributed by atoms with Gasteiger partial charge in [-0.15, -0.1) is 11.3 Å². The lowest BCUT2D eigenvalue weighted by Crippen LogP contribution is -2.16. The fourth-order valence-corrected chi connectivity index (χ4v) is 3.10. The Bertz CT molecular complexity index is 786. The van der Waals surface area contributed by atoms with E-state index in [9.17, 15) is 0 Å². The minimum Gasteiger partial charge on any atom is -0.317 e. The molecule has 0 atom stereocenters. The molecular formula is C17H15ClN2S. The van der Waals surface area contributed by atoms with Gasteiger partial charge in [-0.2, -0.15) is 0 Å². The molecule has 2 nitrogen and oxygen atoms in total. The molecule has 1 heterocycles. The van der Waals surface area contributed by atoms with Gasteiger partial charge in [0, 0.05) is 16.1 Å². The van der Waals surface area contributed by atoms with Crippen molar-refractivity contribution in [3.8, 4) is 0 Å². The number of hydrogen-bond donors (Lipinski definition) is 0. The summed E-state index contributed by atoms with van der Waals surface area (Å²) in [6, 6.07) is 18.0. The zero-order chi connectivity index (χ0) is 14.7. The summed E-state index contributed by atoms with van der Waals surface area (Å²) in [6.07, 6.45) is 0. The average molecular weight is 315 g/mol. The Balaban J connectivity index is 1.98. The molecule has 0 saturated heterocycles. The van der Waals surface area contributed by atoms with Crippen molar-refractivity contribution in [2.24, 2.45) is 4.99 Å². The Morgan fingerprint density at radius 1 is 1.05 bits per heavy atom. The third-order valence-electron chi connectivity index (χ3n) is 3.23. The number of aromatic nitrogens is 1.